The summed E-state index contributed by atoms with van der Waals surface area (Å²) in [6.07, 6.45) is 2.33. The van der Waals surface area contributed by atoms with Crippen LogP contribution in [0.4, 0.5) is 0 Å². The largest absolute Gasteiger partial charge is 0.493 e. The Kier molecular flexibility index (Phi) is 6.54. The fourth-order valence-corrected chi connectivity index (χ4v) is 2.46. The second-order valence-electron chi connectivity index (χ2n) is 6.57. The minimum atomic E-state index is 0.0718. The van der Waals surface area contributed by atoms with E-state index < -0.39 is 0 Å². The van der Waals surface area contributed by atoms with Crippen molar-refractivity contribution in [3.8, 4) is 5.75 Å². The average molecular weight is 277 g/mol. The lowest BCUT2D eigenvalue weighted by molar-refractivity contribution is 0.293. The van der Waals surface area contributed by atoms with Crippen LogP contribution in [0.3, 0.4) is 0 Å². The number of ether oxygens (including phenoxy) is 1. The van der Waals surface area contributed by atoms with E-state index in [1.165, 1.54) is 23.1 Å². The van der Waals surface area contributed by atoms with Gasteiger partial charge in [0.15, 0.2) is 0 Å². The van der Waals surface area contributed by atoms with Crippen LogP contribution in [0.1, 0.15) is 76.1 Å². The highest BCUT2D eigenvalue weighted by Crippen LogP contribution is 2.32. The van der Waals surface area contributed by atoms with Gasteiger partial charge >= 0.3 is 0 Å². The van der Waals surface area contributed by atoms with Gasteiger partial charge in [-0.15, -0.1) is 0 Å². The first-order valence-corrected chi connectivity index (χ1v) is 7.85. The highest BCUT2D eigenvalue weighted by molar-refractivity contribution is 5.44. The summed E-state index contributed by atoms with van der Waals surface area (Å²) in [5.41, 5.74) is 9.77. The molecule has 0 heterocycles. The zero-order valence-corrected chi connectivity index (χ0v) is 14.0. The van der Waals surface area contributed by atoms with Crippen molar-refractivity contribution in [2.75, 3.05) is 6.61 Å². The van der Waals surface area contributed by atoms with Gasteiger partial charge in [-0.2, -0.15) is 0 Å². The Bertz CT molecular complexity index is 422. The van der Waals surface area contributed by atoms with Gasteiger partial charge in [0, 0.05) is 6.04 Å². The molecule has 2 heteroatoms. The molecule has 0 bridgehead atoms. The van der Waals surface area contributed by atoms with Crippen molar-refractivity contribution in [3.63, 3.8) is 0 Å². The lowest BCUT2D eigenvalue weighted by Gasteiger charge is -2.19. The molecule has 0 aliphatic rings. The predicted octanol–water partition coefficient (Wildman–Crippen LogP) is 4.95. The number of benzene rings is 1. The average Bonchev–Trinajstić information content (AvgIpc) is 2.33. The molecule has 0 aliphatic carbocycles. The predicted molar refractivity (Wildman–Crippen MR) is 87.4 cm³/mol. The smallest absolute Gasteiger partial charge is 0.123 e. The highest BCUT2D eigenvalue weighted by atomic mass is 16.5. The topological polar surface area (TPSA) is 35.2 Å². The molecule has 1 aromatic carbocycles. The van der Waals surface area contributed by atoms with E-state index >= 15 is 0 Å². The molecule has 0 spiro atoms. The molecule has 1 rings (SSSR count). The highest BCUT2D eigenvalue weighted by Gasteiger charge is 2.13. The van der Waals surface area contributed by atoms with Crippen LogP contribution in [0, 0.1) is 12.8 Å². The van der Waals surface area contributed by atoms with Crippen molar-refractivity contribution >= 4 is 0 Å². The van der Waals surface area contributed by atoms with Gasteiger partial charge in [-0.25, -0.2) is 0 Å². The summed E-state index contributed by atoms with van der Waals surface area (Å²) in [6, 6.07) is 4.45. The van der Waals surface area contributed by atoms with Crippen LogP contribution in [0.25, 0.3) is 0 Å². The van der Waals surface area contributed by atoms with Crippen LogP contribution < -0.4 is 10.5 Å². The Balaban J connectivity index is 2.86. The summed E-state index contributed by atoms with van der Waals surface area (Å²) < 4.78 is 6.02. The van der Waals surface area contributed by atoms with Crippen molar-refractivity contribution in [2.24, 2.45) is 11.7 Å². The van der Waals surface area contributed by atoms with Crippen LogP contribution in [0.15, 0.2) is 12.1 Å². The summed E-state index contributed by atoms with van der Waals surface area (Å²) in [6.45, 7) is 13.9. The van der Waals surface area contributed by atoms with E-state index in [0.717, 1.165) is 24.7 Å². The van der Waals surface area contributed by atoms with E-state index in [4.69, 9.17) is 10.5 Å². The first-order chi connectivity index (χ1) is 9.32. The molecule has 2 N–H and O–H groups in total. The molecule has 0 amide bonds. The van der Waals surface area contributed by atoms with Gasteiger partial charge in [0.1, 0.15) is 5.75 Å². The molecule has 0 radical (unpaired) electrons. The molecule has 2 nitrogen and oxygen atoms in total. The van der Waals surface area contributed by atoms with E-state index in [2.05, 4.69) is 46.8 Å². The normalized spacial score (nSPS) is 13.1. The Morgan fingerprint density at radius 1 is 1.05 bits per heavy atom. The van der Waals surface area contributed by atoms with Crippen molar-refractivity contribution in [1.29, 1.82) is 0 Å². The van der Waals surface area contributed by atoms with Gasteiger partial charge in [-0.1, -0.05) is 33.8 Å². The Labute approximate surface area is 124 Å². The SMILES string of the molecule is Cc1cc(OCCCC(C)C)c(C(C)C)cc1C(C)N. The maximum atomic E-state index is 6.05. The zero-order chi connectivity index (χ0) is 15.3. The minimum absolute atomic E-state index is 0.0718. The Hall–Kier alpha value is -1.02. The van der Waals surface area contributed by atoms with Crippen LogP contribution in [-0.2, 0) is 0 Å². The molecule has 1 atom stereocenters. The fourth-order valence-electron chi connectivity index (χ4n) is 2.46. The molecule has 0 fully saturated rings. The zero-order valence-electron chi connectivity index (χ0n) is 14.0. The maximum Gasteiger partial charge on any atom is 0.123 e. The molecule has 0 saturated heterocycles. The first-order valence-electron chi connectivity index (χ1n) is 7.85. The van der Waals surface area contributed by atoms with Crippen LogP contribution in [0.2, 0.25) is 0 Å². The van der Waals surface area contributed by atoms with Crippen LogP contribution >= 0.6 is 0 Å². The maximum absolute atomic E-state index is 6.05. The molecule has 20 heavy (non-hydrogen) atoms. The second kappa shape index (κ2) is 7.68. The first kappa shape index (κ1) is 17.0. The molecule has 1 aromatic rings. The summed E-state index contributed by atoms with van der Waals surface area (Å²) in [7, 11) is 0. The third kappa shape index (κ3) is 4.82. The molecular formula is C18H31NO. The number of nitrogens with two attached hydrogens (primary N) is 1. The lowest BCUT2D eigenvalue weighted by Crippen LogP contribution is -2.10. The second-order valence-corrected chi connectivity index (χ2v) is 6.57. The summed E-state index contributed by atoms with van der Waals surface area (Å²) in [5, 5.41) is 0. The molecule has 0 aromatic heterocycles. The van der Waals surface area contributed by atoms with Crippen molar-refractivity contribution in [3.05, 3.63) is 28.8 Å². The van der Waals surface area contributed by atoms with Gasteiger partial charge in [0.25, 0.3) is 0 Å². The third-order valence-corrected chi connectivity index (χ3v) is 3.69. The van der Waals surface area contributed by atoms with E-state index in [0.29, 0.717) is 5.92 Å². The molecule has 0 saturated carbocycles. The summed E-state index contributed by atoms with van der Waals surface area (Å²) in [5.74, 6) is 2.23. The van der Waals surface area contributed by atoms with Gasteiger partial charge in [-0.05, 0) is 61.3 Å². The van der Waals surface area contributed by atoms with Crippen LogP contribution in [-0.4, -0.2) is 6.61 Å². The number of hydrogen-bond donors (Lipinski definition) is 1. The Morgan fingerprint density at radius 3 is 2.20 bits per heavy atom. The fraction of sp³-hybridized carbons (Fsp3) is 0.667. The van der Waals surface area contributed by atoms with Crippen molar-refractivity contribution in [2.45, 2.75) is 66.3 Å². The Morgan fingerprint density at radius 2 is 1.70 bits per heavy atom. The molecule has 114 valence electrons. The van der Waals surface area contributed by atoms with Gasteiger partial charge in [-0.3, -0.25) is 0 Å². The van der Waals surface area contributed by atoms with Gasteiger partial charge < -0.3 is 10.5 Å². The number of hydrogen-bond acceptors (Lipinski definition) is 2. The van der Waals surface area contributed by atoms with E-state index in [1.807, 2.05) is 6.92 Å². The quantitative estimate of drug-likeness (QED) is 0.715. The third-order valence-electron chi connectivity index (χ3n) is 3.69. The standard InChI is InChI=1S/C18H31NO/c1-12(2)8-7-9-20-18-10-14(5)17(15(6)19)11-16(18)13(3)4/h10-13,15H,7-9,19H2,1-6H3. The summed E-state index contributed by atoms with van der Waals surface area (Å²) >= 11 is 0. The number of aryl methyl sites for hydroxylation is 1. The molecule has 1 unspecified atom stereocenters. The molecule has 0 aliphatic heterocycles. The monoisotopic (exact) mass is 277 g/mol. The molecular weight excluding hydrogens is 246 g/mol. The van der Waals surface area contributed by atoms with Crippen molar-refractivity contribution < 1.29 is 4.74 Å². The lowest BCUT2D eigenvalue weighted by atomic mass is 9.94. The van der Waals surface area contributed by atoms with Gasteiger partial charge in [0.05, 0.1) is 6.61 Å². The van der Waals surface area contributed by atoms with Crippen molar-refractivity contribution in [1.82, 2.24) is 0 Å². The van der Waals surface area contributed by atoms with Gasteiger partial charge in [0.2, 0.25) is 0 Å². The van der Waals surface area contributed by atoms with Crippen LogP contribution in [0.5, 0.6) is 5.75 Å². The van der Waals surface area contributed by atoms with E-state index in [1.54, 1.807) is 0 Å². The van der Waals surface area contributed by atoms with E-state index in [-0.39, 0.29) is 6.04 Å². The number of rotatable bonds is 7. The summed E-state index contributed by atoms with van der Waals surface area (Å²) in [4.78, 5) is 0. The van der Waals surface area contributed by atoms with E-state index in [9.17, 15) is 0 Å². The minimum Gasteiger partial charge on any atom is -0.493 e.